The van der Waals surface area contributed by atoms with Crippen molar-refractivity contribution >= 4 is 0 Å². The average molecular weight is 384 g/mol. The Bertz CT molecular complexity index is 934. The molecule has 0 unspecified atom stereocenters. The molecular formula is C20H11F7. The van der Waals surface area contributed by atoms with Gasteiger partial charge in [0, 0.05) is 0 Å². The molecule has 0 aliphatic carbocycles. The summed E-state index contributed by atoms with van der Waals surface area (Å²) in [7, 11) is 0. The van der Waals surface area contributed by atoms with Gasteiger partial charge in [-0.15, -0.1) is 0 Å². The van der Waals surface area contributed by atoms with Gasteiger partial charge in [0.2, 0.25) is 0 Å². The highest BCUT2D eigenvalue weighted by molar-refractivity contribution is 5.83. The lowest BCUT2D eigenvalue weighted by molar-refractivity contribution is -0.138. The minimum atomic E-state index is -4.50. The van der Waals surface area contributed by atoms with Crippen LogP contribution in [0, 0.1) is 5.82 Å². The molecule has 3 aromatic rings. The molecule has 0 aliphatic heterocycles. The number of alkyl halides is 6. The molecule has 3 aromatic carbocycles. The van der Waals surface area contributed by atoms with Crippen LogP contribution in [0.15, 0.2) is 66.7 Å². The van der Waals surface area contributed by atoms with E-state index in [0.717, 1.165) is 36.4 Å². The van der Waals surface area contributed by atoms with Crippen molar-refractivity contribution in [3.8, 4) is 22.3 Å². The summed E-state index contributed by atoms with van der Waals surface area (Å²) in [4.78, 5) is 0. The minimum absolute atomic E-state index is 0.281. The van der Waals surface area contributed by atoms with Crippen molar-refractivity contribution in [2.45, 2.75) is 12.4 Å². The third-order valence-corrected chi connectivity index (χ3v) is 4.03. The van der Waals surface area contributed by atoms with Crippen LogP contribution >= 0.6 is 0 Å². The van der Waals surface area contributed by atoms with Gasteiger partial charge in [0.1, 0.15) is 5.82 Å². The molecule has 0 atom stereocenters. The van der Waals surface area contributed by atoms with Gasteiger partial charge in [-0.05, 0) is 58.7 Å². The molecule has 140 valence electrons. The lowest BCUT2D eigenvalue weighted by atomic mass is 9.93. The van der Waals surface area contributed by atoms with E-state index in [2.05, 4.69) is 0 Å². The standard InChI is InChI=1S/C20H11F7/c21-16-9-10-17(12-1-5-14(6-2-12)19(22,23)24)18(11-16)13-3-7-15(8-4-13)20(25,26)27/h1-11H. The maximum atomic E-state index is 13.7. The molecule has 0 radical (unpaired) electrons. The normalized spacial score (nSPS) is 12.3. The summed E-state index contributed by atoms with van der Waals surface area (Å²) in [6.07, 6.45) is -8.99. The Morgan fingerprint density at radius 2 is 0.889 bits per heavy atom. The topological polar surface area (TPSA) is 0 Å². The van der Waals surface area contributed by atoms with Gasteiger partial charge in [0.05, 0.1) is 11.1 Å². The summed E-state index contributed by atoms with van der Waals surface area (Å²) in [6.45, 7) is 0. The Morgan fingerprint density at radius 1 is 0.481 bits per heavy atom. The summed E-state index contributed by atoms with van der Waals surface area (Å²) in [5.41, 5.74) is -0.285. The predicted molar refractivity (Wildman–Crippen MR) is 87.3 cm³/mol. The minimum Gasteiger partial charge on any atom is -0.207 e. The Hall–Kier alpha value is -2.83. The highest BCUT2D eigenvalue weighted by Gasteiger charge is 2.31. The van der Waals surface area contributed by atoms with E-state index in [1.807, 2.05) is 0 Å². The van der Waals surface area contributed by atoms with E-state index in [-0.39, 0.29) is 5.56 Å². The van der Waals surface area contributed by atoms with Gasteiger partial charge in [0.15, 0.2) is 0 Å². The van der Waals surface area contributed by atoms with E-state index < -0.39 is 29.3 Å². The number of rotatable bonds is 2. The first-order valence-corrected chi connectivity index (χ1v) is 7.70. The van der Waals surface area contributed by atoms with Crippen LogP contribution in [0.5, 0.6) is 0 Å². The van der Waals surface area contributed by atoms with Crippen LogP contribution in [0.1, 0.15) is 11.1 Å². The van der Waals surface area contributed by atoms with Crippen molar-refractivity contribution in [1.82, 2.24) is 0 Å². The van der Waals surface area contributed by atoms with E-state index >= 15 is 0 Å². The number of hydrogen-bond donors (Lipinski definition) is 0. The van der Waals surface area contributed by atoms with Gasteiger partial charge in [-0.3, -0.25) is 0 Å². The third-order valence-electron chi connectivity index (χ3n) is 4.03. The summed E-state index contributed by atoms with van der Waals surface area (Å²) < 4.78 is 90.0. The fourth-order valence-corrected chi connectivity index (χ4v) is 2.68. The van der Waals surface area contributed by atoms with Crippen molar-refractivity contribution in [3.05, 3.63) is 83.7 Å². The first-order chi connectivity index (χ1) is 12.6. The van der Waals surface area contributed by atoms with Gasteiger partial charge in [-0.2, -0.15) is 26.3 Å². The molecule has 3 rings (SSSR count). The molecule has 0 aromatic heterocycles. The Balaban J connectivity index is 2.06. The van der Waals surface area contributed by atoms with E-state index in [1.54, 1.807) is 0 Å². The molecule has 0 bridgehead atoms. The largest absolute Gasteiger partial charge is 0.416 e. The van der Waals surface area contributed by atoms with E-state index in [0.29, 0.717) is 16.7 Å². The maximum Gasteiger partial charge on any atom is 0.416 e. The van der Waals surface area contributed by atoms with E-state index in [1.165, 1.54) is 30.3 Å². The zero-order valence-electron chi connectivity index (χ0n) is 13.5. The lowest BCUT2D eigenvalue weighted by Crippen LogP contribution is -2.04. The zero-order chi connectivity index (χ0) is 19.8. The molecule has 7 heteroatoms. The molecule has 0 nitrogen and oxygen atoms in total. The van der Waals surface area contributed by atoms with Gasteiger partial charge in [-0.1, -0.05) is 30.3 Å². The van der Waals surface area contributed by atoms with E-state index in [4.69, 9.17) is 0 Å². The van der Waals surface area contributed by atoms with Crippen LogP contribution < -0.4 is 0 Å². The quantitative estimate of drug-likeness (QED) is 0.410. The van der Waals surface area contributed by atoms with Crippen LogP contribution in [0.2, 0.25) is 0 Å². The van der Waals surface area contributed by atoms with Crippen molar-refractivity contribution in [2.24, 2.45) is 0 Å². The SMILES string of the molecule is Fc1ccc(-c2ccc(C(F)(F)F)cc2)c(-c2ccc(C(F)(F)F)cc2)c1. The number of benzene rings is 3. The van der Waals surface area contributed by atoms with Crippen molar-refractivity contribution in [2.75, 3.05) is 0 Å². The molecule has 0 amide bonds. The monoisotopic (exact) mass is 384 g/mol. The van der Waals surface area contributed by atoms with Gasteiger partial charge < -0.3 is 0 Å². The second-order valence-electron chi connectivity index (χ2n) is 5.84. The van der Waals surface area contributed by atoms with Crippen molar-refractivity contribution < 1.29 is 30.7 Å². The van der Waals surface area contributed by atoms with Crippen LogP contribution in [0.4, 0.5) is 30.7 Å². The Kier molecular flexibility index (Phi) is 4.71. The molecule has 0 N–H and O–H groups in total. The second-order valence-corrected chi connectivity index (χ2v) is 5.84. The smallest absolute Gasteiger partial charge is 0.207 e. The van der Waals surface area contributed by atoms with Crippen LogP contribution in [0.3, 0.4) is 0 Å². The zero-order valence-corrected chi connectivity index (χ0v) is 13.5. The van der Waals surface area contributed by atoms with Gasteiger partial charge >= 0.3 is 12.4 Å². The molecular weight excluding hydrogens is 373 g/mol. The Labute approximate surface area is 149 Å². The third kappa shape index (κ3) is 4.13. The van der Waals surface area contributed by atoms with Crippen LogP contribution in [-0.4, -0.2) is 0 Å². The second kappa shape index (κ2) is 6.72. The van der Waals surface area contributed by atoms with Crippen LogP contribution in [-0.2, 0) is 12.4 Å². The maximum absolute atomic E-state index is 13.7. The predicted octanol–water partition coefficient (Wildman–Crippen LogP) is 7.20. The number of hydrogen-bond acceptors (Lipinski definition) is 0. The fraction of sp³-hybridized carbons (Fsp3) is 0.100. The van der Waals surface area contributed by atoms with Gasteiger partial charge in [0.25, 0.3) is 0 Å². The van der Waals surface area contributed by atoms with Crippen molar-refractivity contribution in [3.63, 3.8) is 0 Å². The molecule has 0 heterocycles. The summed E-state index contributed by atoms with van der Waals surface area (Å²) in [5.74, 6) is -0.611. The fourth-order valence-electron chi connectivity index (χ4n) is 2.68. The highest BCUT2D eigenvalue weighted by atomic mass is 19.4. The highest BCUT2D eigenvalue weighted by Crippen LogP contribution is 2.37. The van der Waals surface area contributed by atoms with Gasteiger partial charge in [-0.25, -0.2) is 4.39 Å². The molecule has 0 saturated carbocycles. The summed E-state index contributed by atoms with van der Waals surface area (Å²) in [5, 5.41) is 0. The lowest BCUT2D eigenvalue weighted by Gasteiger charge is -2.13. The van der Waals surface area contributed by atoms with Crippen molar-refractivity contribution in [1.29, 1.82) is 0 Å². The molecule has 27 heavy (non-hydrogen) atoms. The molecule has 0 saturated heterocycles. The first kappa shape index (κ1) is 18.9. The van der Waals surface area contributed by atoms with E-state index in [9.17, 15) is 30.7 Å². The average Bonchev–Trinajstić information content (AvgIpc) is 2.60. The first-order valence-electron chi connectivity index (χ1n) is 7.70. The summed E-state index contributed by atoms with van der Waals surface area (Å²) in [6, 6.07) is 12.1. The molecule has 0 fully saturated rings. The Morgan fingerprint density at radius 3 is 1.30 bits per heavy atom. The van der Waals surface area contributed by atoms with Crippen LogP contribution in [0.25, 0.3) is 22.3 Å². The number of halogens is 7. The molecule has 0 spiro atoms. The summed E-state index contributed by atoms with van der Waals surface area (Å²) >= 11 is 0. The molecule has 0 aliphatic rings.